The molecule has 0 radical (unpaired) electrons. The zero-order valence-corrected chi connectivity index (χ0v) is 72.9. The number of unbranched alkanes of at least 4 members (excludes halogenated alkanes) is 60. The summed E-state index contributed by atoms with van der Waals surface area (Å²) < 4.78 is 73.8. The summed E-state index contributed by atoms with van der Waals surface area (Å²) in [6.45, 7) is 9.14. The molecule has 0 aliphatic heterocycles. The third-order valence-electron chi connectivity index (χ3n) is 22.1. The van der Waals surface area contributed by atoms with Gasteiger partial charge < -0.3 is 9.11 Å². The van der Waals surface area contributed by atoms with Gasteiger partial charge in [-0.2, -0.15) is 0 Å². The van der Waals surface area contributed by atoms with E-state index in [4.69, 9.17) is 0 Å². The Bertz CT molecular complexity index is 2570. The molecular weight excluding hydrogens is 1400 g/mol. The molecule has 0 spiro atoms. The van der Waals surface area contributed by atoms with Gasteiger partial charge in [-0.25, -0.2) is 16.8 Å². The van der Waals surface area contributed by atoms with E-state index in [0.29, 0.717) is 10.8 Å². The number of rotatable bonds is 70. The zero-order chi connectivity index (χ0) is 71.9. The van der Waals surface area contributed by atoms with Crippen molar-refractivity contribution < 1.29 is 25.9 Å². The number of benzene rings is 4. The van der Waals surface area contributed by atoms with Crippen LogP contribution in [0, 0.1) is 0 Å². The summed E-state index contributed by atoms with van der Waals surface area (Å²) in [6, 6.07) is 19.2. The minimum absolute atomic E-state index is 0. The van der Waals surface area contributed by atoms with Crippen molar-refractivity contribution in [2.45, 2.75) is 474 Å². The minimum Gasteiger partial charge on any atom is -0.744 e. The van der Waals surface area contributed by atoms with E-state index in [1.54, 1.807) is 12.1 Å². The predicted octanol–water partition coefficient (Wildman–Crippen LogP) is 30.3. The summed E-state index contributed by atoms with van der Waals surface area (Å²) in [7, 11) is -9.06. The summed E-state index contributed by atoms with van der Waals surface area (Å²) >= 11 is 0. The van der Waals surface area contributed by atoms with Crippen LogP contribution >= 0.6 is 0 Å². The second kappa shape index (κ2) is 67.0. The molecular formula is C92H158BaO6S2. The van der Waals surface area contributed by atoms with Gasteiger partial charge in [-0.05, 0) is 96.5 Å². The van der Waals surface area contributed by atoms with Gasteiger partial charge in [0.2, 0.25) is 0 Å². The van der Waals surface area contributed by atoms with Gasteiger partial charge in [-0.15, -0.1) is 0 Å². The third-order valence-corrected chi connectivity index (χ3v) is 23.9. The Balaban J connectivity index is 0.000000680. The number of hydrogen-bond donors (Lipinski definition) is 0. The molecule has 0 saturated heterocycles. The fraction of sp³-hybridized carbons (Fsp3) is 0.783. The van der Waals surface area contributed by atoms with Crippen LogP contribution in [0.2, 0.25) is 0 Å². The third kappa shape index (κ3) is 49.5. The molecule has 4 aromatic rings. The predicted molar refractivity (Wildman–Crippen MR) is 443 cm³/mol. The minimum atomic E-state index is -4.53. The summed E-state index contributed by atoms with van der Waals surface area (Å²) in [4.78, 5) is -0.0642. The summed E-state index contributed by atoms with van der Waals surface area (Å²) in [5, 5.41) is 3.32. The van der Waals surface area contributed by atoms with Crippen molar-refractivity contribution in [3.8, 4) is 0 Å². The van der Waals surface area contributed by atoms with E-state index in [-0.39, 0.29) is 58.7 Å². The molecule has 0 heterocycles. The molecule has 0 bridgehead atoms. The first-order valence-corrected chi connectivity index (χ1v) is 46.8. The van der Waals surface area contributed by atoms with E-state index >= 15 is 0 Å². The van der Waals surface area contributed by atoms with E-state index < -0.39 is 20.2 Å². The van der Waals surface area contributed by atoms with Crippen molar-refractivity contribution in [3.05, 3.63) is 82.9 Å². The van der Waals surface area contributed by atoms with Gasteiger partial charge in [0, 0.05) is 10.8 Å². The maximum Gasteiger partial charge on any atom is 2.00 e. The Morgan fingerprint density at radius 3 is 0.535 bits per heavy atom. The van der Waals surface area contributed by atoms with Crippen LogP contribution < -0.4 is 0 Å². The molecule has 6 nitrogen and oxygen atoms in total. The normalized spacial score (nSPS) is 11.9. The first-order valence-electron chi connectivity index (χ1n) is 44.0. The van der Waals surface area contributed by atoms with Gasteiger partial charge in [0.05, 0.1) is 9.79 Å². The largest absolute Gasteiger partial charge is 2.00 e. The molecule has 0 aliphatic rings. The Hall–Kier alpha value is -1.21. The quantitative estimate of drug-likeness (QED) is 0.0247. The molecule has 0 fully saturated rings. The van der Waals surface area contributed by atoms with Crippen LogP contribution in [0.3, 0.4) is 0 Å². The molecule has 101 heavy (non-hydrogen) atoms. The van der Waals surface area contributed by atoms with Crippen LogP contribution in [0.4, 0.5) is 0 Å². The van der Waals surface area contributed by atoms with Crippen LogP contribution in [0.5, 0.6) is 0 Å². The second-order valence-corrected chi connectivity index (χ2v) is 33.9. The van der Waals surface area contributed by atoms with E-state index in [2.05, 4.69) is 39.8 Å². The number of hydrogen-bond acceptors (Lipinski definition) is 6. The van der Waals surface area contributed by atoms with Gasteiger partial charge in [0.1, 0.15) is 20.2 Å². The van der Waals surface area contributed by atoms with Crippen molar-refractivity contribution in [1.29, 1.82) is 0 Å². The van der Waals surface area contributed by atoms with E-state index in [0.717, 1.165) is 86.1 Å². The van der Waals surface area contributed by atoms with Crippen LogP contribution in [0.25, 0.3) is 21.5 Å². The molecule has 576 valence electrons. The molecule has 9 heteroatoms. The van der Waals surface area contributed by atoms with E-state index in [1.807, 2.05) is 36.4 Å². The smallest absolute Gasteiger partial charge is 0.744 e. The van der Waals surface area contributed by atoms with Crippen molar-refractivity contribution in [2.24, 2.45) is 0 Å². The van der Waals surface area contributed by atoms with Crippen molar-refractivity contribution in [3.63, 3.8) is 0 Å². The van der Waals surface area contributed by atoms with Crippen LogP contribution in [-0.2, 0) is 45.9 Å². The van der Waals surface area contributed by atoms with Gasteiger partial charge in [-0.1, -0.05) is 461 Å². The second-order valence-electron chi connectivity index (χ2n) is 31.2. The molecule has 0 saturated carbocycles. The van der Waals surface area contributed by atoms with E-state index in [9.17, 15) is 25.9 Å². The zero-order valence-electron chi connectivity index (χ0n) is 66.8. The maximum atomic E-state index is 12.3. The van der Waals surface area contributed by atoms with Crippen molar-refractivity contribution >= 4 is 90.7 Å². The fourth-order valence-electron chi connectivity index (χ4n) is 15.7. The molecule has 0 N–H and O–H groups in total. The monoisotopic (exact) mass is 1560 g/mol. The Morgan fingerprint density at radius 2 is 0.366 bits per heavy atom. The standard InChI is InChI=1S/2C46H80O3S.Ba/c2*1-3-5-7-9-11-13-15-17-19-21-23-25-27-29-31-33-36-42-40-41-45(50(47,48)49)46-43(38-35-39-44(42)46)37-34-32-30-28-26-24-22-20-18-16-14-12-10-8-6-4-2;/h2*35,38-41H,3-34,36-37H2,1-2H3,(H,47,48,49);/q;;+2/p-2. The number of fused-ring (bicyclic) bond motifs is 2. The van der Waals surface area contributed by atoms with Gasteiger partial charge >= 0.3 is 48.9 Å². The van der Waals surface area contributed by atoms with E-state index in [1.165, 1.54) is 384 Å². The molecule has 4 rings (SSSR count). The SMILES string of the molecule is CCCCCCCCCCCCCCCCCCc1ccc(S(=O)(=O)[O-])c2c(CCCCCCCCCCCCCCCCCC)cccc12.CCCCCCCCCCCCCCCCCCc1ccc(S(=O)(=O)[O-])c2c(CCCCCCCCCCCCCCCCCC)cccc12.[Ba+2]. The maximum absolute atomic E-state index is 12.3. The molecule has 0 amide bonds. The topological polar surface area (TPSA) is 114 Å². The fourth-order valence-corrected chi connectivity index (χ4v) is 17.2. The summed E-state index contributed by atoms with van der Waals surface area (Å²) in [5.74, 6) is 0. The molecule has 0 unspecified atom stereocenters. The van der Waals surface area contributed by atoms with Gasteiger partial charge in [0.25, 0.3) is 0 Å². The molecule has 0 atom stereocenters. The first-order chi connectivity index (χ1) is 49.0. The van der Waals surface area contributed by atoms with Gasteiger partial charge in [-0.3, -0.25) is 0 Å². The van der Waals surface area contributed by atoms with Crippen LogP contribution in [0.15, 0.2) is 70.5 Å². The van der Waals surface area contributed by atoms with Crippen LogP contribution in [-0.4, -0.2) is 74.8 Å². The van der Waals surface area contributed by atoms with Crippen LogP contribution in [0.1, 0.15) is 461 Å². The molecule has 4 aromatic carbocycles. The Kier molecular flexibility index (Phi) is 63.5. The van der Waals surface area contributed by atoms with Crippen molar-refractivity contribution in [1.82, 2.24) is 0 Å². The first kappa shape index (κ1) is 95.9. The summed E-state index contributed by atoms with van der Waals surface area (Å²) in [6.07, 6.45) is 89.7. The van der Waals surface area contributed by atoms with Gasteiger partial charge in [0.15, 0.2) is 0 Å². The molecule has 0 aliphatic carbocycles. The molecule has 0 aromatic heterocycles. The average molecular weight is 1560 g/mol. The van der Waals surface area contributed by atoms with Crippen molar-refractivity contribution in [2.75, 3.05) is 0 Å². The Labute approximate surface area is 667 Å². The number of aryl methyl sites for hydroxylation is 4. The Morgan fingerprint density at radius 1 is 0.208 bits per heavy atom. The average Bonchev–Trinajstić information content (AvgIpc) is 0.779. The summed E-state index contributed by atoms with van der Waals surface area (Å²) in [5.41, 5.74) is 4.42.